The van der Waals surface area contributed by atoms with Crippen LogP contribution in [0, 0.1) is 5.92 Å². The molecule has 0 saturated carbocycles. The summed E-state index contributed by atoms with van der Waals surface area (Å²) in [6.45, 7) is 6.17. The van der Waals surface area contributed by atoms with Crippen LogP contribution in [0.15, 0.2) is 0 Å². The second-order valence-corrected chi connectivity index (χ2v) is 4.04. The fourth-order valence-electron chi connectivity index (χ4n) is 1.57. The predicted molar refractivity (Wildman–Crippen MR) is 62.6 cm³/mol. The lowest BCUT2D eigenvalue weighted by atomic mass is 9.98. The highest BCUT2D eigenvalue weighted by Crippen LogP contribution is 2.13. The van der Waals surface area contributed by atoms with Crippen LogP contribution < -0.4 is 5.32 Å². The number of aliphatic hydroxyl groups excluding tert-OH is 1. The van der Waals surface area contributed by atoms with E-state index < -0.39 is 0 Å². The summed E-state index contributed by atoms with van der Waals surface area (Å²) in [5.74, 6) is 0.220. The van der Waals surface area contributed by atoms with Crippen LogP contribution in [0.4, 0.5) is 0 Å². The largest absolute Gasteiger partial charge is 0.394 e. The molecule has 2 atom stereocenters. The number of hydrogen-bond acceptors (Lipinski definition) is 2. The van der Waals surface area contributed by atoms with Crippen LogP contribution in [0.3, 0.4) is 0 Å². The second-order valence-electron chi connectivity index (χ2n) is 4.04. The lowest BCUT2D eigenvalue weighted by Crippen LogP contribution is -2.40. The maximum Gasteiger partial charge on any atom is 0.223 e. The Morgan fingerprint density at radius 2 is 1.93 bits per heavy atom. The molecule has 2 N–H and O–H groups in total. The minimum absolute atomic E-state index is 0.0342. The molecule has 0 rings (SSSR count). The summed E-state index contributed by atoms with van der Waals surface area (Å²) >= 11 is 0. The Labute approximate surface area is 93.3 Å². The third kappa shape index (κ3) is 5.78. The molecule has 0 aromatic carbocycles. The third-order valence-corrected chi connectivity index (χ3v) is 2.83. The minimum Gasteiger partial charge on any atom is -0.394 e. The van der Waals surface area contributed by atoms with Crippen molar-refractivity contribution in [1.29, 1.82) is 0 Å². The molecule has 3 heteroatoms. The summed E-state index contributed by atoms with van der Waals surface area (Å²) in [6.07, 6.45) is 4.85. The summed E-state index contributed by atoms with van der Waals surface area (Å²) < 4.78 is 0. The Morgan fingerprint density at radius 3 is 2.33 bits per heavy atom. The van der Waals surface area contributed by atoms with Gasteiger partial charge in [0.1, 0.15) is 0 Å². The van der Waals surface area contributed by atoms with E-state index in [1.807, 2.05) is 13.8 Å². The SMILES string of the molecule is CCCCC(CC)C(=O)N[C@H](CC)CO. The van der Waals surface area contributed by atoms with Crippen molar-refractivity contribution in [2.24, 2.45) is 5.92 Å². The Morgan fingerprint density at radius 1 is 1.27 bits per heavy atom. The van der Waals surface area contributed by atoms with Crippen LogP contribution in [0.2, 0.25) is 0 Å². The molecule has 0 spiro atoms. The second kappa shape index (κ2) is 8.72. The van der Waals surface area contributed by atoms with E-state index in [-0.39, 0.29) is 24.5 Å². The van der Waals surface area contributed by atoms with Crippen molar-refractivity contribution < 1.29 is 9.90 Å². The molecule has 0 aliphatic heterocycles. The van der Waals surface area contributed by atoms with E-state index in [2.05, 4.69) is 12.2 Å². The van der Waals surface area contributed by atoms with Gasteiger partial charge in [-0.05, 0) is 19.3 Å². The predicted octanol–water partition coefficient (Wildman–Crippen LogP) is 2.09. The van der Waals surface area contributed by atoms with Crippen molar-refractivity contribution >= 4 is 5.91 Å². The Hall–Kier alpha value is -0.570. The molecule has 0 aliphatic rings. The zero-order valence-electron chi connectivity index (χ0n) is 10.3. The number of aliphatic hydroxyl groups is 1. The maximum absolute atomic E-state index is 11.8. The number of rotatable bonds is 8. The molecule has 0 bridgehead atoms. The lowest BCUT2D eigenvalue weighted by molar-refractivity contribution is -0.126. The molecule has 1 unspecified atom stereocenters. The average Bonchev–Trinajstić information content (AvgIpc) is 2.26. The van der Waals surface area contributed by atoms with Gasteiger partial charge < -0.3 is 10.4 Å². The molecule has 0 heterocycles. The van der Waals surface area contributed by atoms with Gasteiger partial charge in [0.25, 0.3) is 0 Å². The lowest BCUT2D eigenvalue weighted by Gasteiger charge is -2.19. The summed E-state index contributed by atoms with van der Waals surface area (Å²) in [7, 11) is 0. The highest BCUT2D eigenvalue weighted by atomic mass is 16.3. The quantitative estimate of drug-likeness (QED) is 0.651. The van der Waals surface area contributed by atoms with Crippen LogP contribution in [-0.4, -0.2) is 23.7 Å². The molecule has 3 nitrogen and oxygen atoms in total. The first-order chi connectivity index (χ1) is 7.19. The van der Waals surface area contributed by atoms with Gasteiger partial charge in [-0.2, -0.15) is 0 Å². The Balaban J connectivity index is 4.02. The number of unbranched alkanes of at least 4 members (excludes halogenated alkanes) is 1. The van der Waals surface area contributed by atoms with Crippen molar-refractivity contribution in [1.82, 2.24) is 5.32 Å². The molecule has 0 saturated heterocycles. The molecule has 0 aromatic rings. The molecule has 0 aliphatic carbocycles. The topological polar surface area (TPSA) is 49.3 Å². The molecule has 0 radical (unpaired) electrons. The van der Waals surface area contributed by atoms with Crippen molar-refractivity contribution in [3.05, 3.63) is 0 Å². The first-order valence-electron chi connectivity index (χ1n) is 6.10. The van der Waals surface area contributed by atoms with E-state index in [9.17, 15) is 4.79 Å². The van der Waals surface area contributed by atoms with Crippen molar-refractivity contribution in [3.63, 3.8) is 0 Å². The van der Waals surface area contributed by atoms with Crippen LogP contribution in [0.5, 0.6) is 0 Å². The molecule has 0 aromatic heterocycles. The van der Waals surface area contributed by atoms with Gasteiger partial charge in [-0.3, -0.25) is 4.79 Å². The van der Waals surface area contributed by atoms with Crippen LogP contribution >= 0.6 is 0 Å². The zero-order chi connectivity index (χ0) is 11.7. The van der Waals surface area contributed by atoms with Gasteiger partial charge in [-0.15, -0.1) is 0 Å². The minimum atomic E-state index is -0.0758. The summed E-state index contributed by atoms with van der Waals surface area (Å²) in [6, 6.07) is -0.0758. The first-order valence-corrected chi connectivity index (χ1v) is 6.10. The fourth-order valence-corrected chi connectivity index (χ4v) is 1.57. The van der Waals surface area contributed by atoms with Gasteiger partial charge >= 0.3 is 0 Å². The van der Waals surface area contributed by atoms with Crippen LogP contribution in [0.1, 0.15) is 52.9 Å². The van der Waals surface area contributed by atoms with E-state index in [0.29, 0.717) is 0 Å². The average molecular weight is 215 g/mol. The van der Waals surface area contributed by atoms with Crippen molar-refractivity contribution in [3.8, 4) is 0 Å². The maximum atomic E-state index is 11.8. The van der Waals surface area contributed by atoms with Gasteiger partial charge in [0, 0.05) is 5.92 Å². The standard InChI is InChI=1S/C12H25NO2/c1-4-7-8-10(5-2)12(15)13-11(6-3)9-14/h10-11,14H,4-9H2,1-3H3,(H,13,15)/t10?,11-/m1/s1. The van der Waals surface area contributed by atoms with Gasteiger partial charge in [0.05, 0.1) is 12.6 Å². The normalized spacial score (nSPS) is 14.7. The van der Waals surface area contributed by atoms with Crippen LogP contribution in [-0.2, 0) is 4.79 Å². The fraction of sp³-hybridized carbons (Fsp3) is 0.917. The molecule has 90 valence electrons. The van der Waals surface area contributed by atoms with E-state index >= 15 is 0 Å². The van der Waals surface area contributed by atoms with E-state index in [1.54, 1.807) is 0 Å². The van der Waals surface area contributed by atoms with Crippen molar-refractivity contribution in [2.45, 2.75) is 58.9 Å². The molecule has 0 fully saturated rings. The smallest absolute Gasteiger partial charge is 0.223 e. The number of nitrogens with one attached hydrogen (secondary N) is 1. The third-order valence-electron chi connectivity index (χ3n) is 2.83. The molecule has 1 amide bonds. The monoisotopic (exact) mass is 215 g/mol. The Kier molecular flexibility index (Phi) is 8.38. The number of hydrogen-bond donors (Lipinski definition) is 2. The van der Waals surface area contributed by atoms with Gasteiger partial charge in [0.2, 0.25) is 5.91 Å². The van der Waals surface area contributed by atoms with E-state index in [0.717, 1.165) is 32.1 Å². The number of carbonyl (C=O) groups is 1. The molecular formula is C12H25NO2. The number of amides is 1. The molecular weight excluding hydrogens is 190 g/mol. The zero-order valence-corrected chi connectivity index (χ0v) is 10.3. The summed E-state index contributed by atoms with van der Waals surface area (Å²) in [5, 5.41) is 11.9. The Bertz CT molecular complexity index is 167. The van der Waals surface area contributed by atoms with E-state index in [4.69, 9.17) is 5.11 Å². The van der Waals surface area contributed by atoms with Gasteiger partial charge in [-0.1, -0.05) is 33.6 Å². The highest BCUT2D eigenvalue weighted by Gasteiger charge is 2.18. The van der Waals surface area contributed by atoms with E-state index in [1.165, 1.54) is 0 Å². The van der Waals surface area contributed by atoms with Gasteiger partial charge in [-0.25, -0.2) is 0 Å². The summed E-state index contributed by atoms with van der Waals surface area (Å²) in [5.41, 5.74) is 0. The summed E-state index contributed by atoms with van der Waals surface area (Å²) in [4.78, 5) is 11.8. The van der Waals surface area contributed by atoms with Gasteiger partial charge in [0.15, 0.2) is 0 Å². The first kappa shape index (κ1) is 14.4. The van der Waals surface area contributed by atoms with Crippen LogP contribution in [0.25, 0.3) is 0 Å². The van der Waals surface area contributed by atoms with Crippen molar-refractivity contribution in [2.75, 3.05) is 6.61 Å². The highest BCUT2D eigenvalue weighted by molar-refractivity contribution is 5.78. The number of carbonyl (C=O) groups excluding carboxylic acids is 1. The molecule has 15 heavy (non-hydrogen) atoms.